The summed E-state index contributed by atoms with van der Waals surface area (Å²) in [6.45, 7) is 4.70. The fourth-order valence-electron chi connectivity index (χ4n) is 2.45. The van der Waals surface area contributed by atoms with Gasteiger partial charge in [0.15, 0.2) is 0 Å². The Hall–Kier alpha value is -0.130. The van der Waals surface area contributed by atoms with Crippen LogP contribution in [-0.2, 0) is 14.6 Å². The van der Waals surface area contributed by atoms with Gasteiger partial charge in [0, 0.05) is 25.5 Å². The molecule has 1 heterocycles. The molecule has 1 unspecified atom stereocenters. The van der Waals surface area contributed by atoms with Crippen LogP contribution in [-0.4, -0.2) is 46.2 Å². The zero-order chi connectivity index (χ0) is 13.4. The average molecular weight is 277 g/mol. The first-order valence-corrected chi connectivity index (χ1v) is 9.02. The Morgan fingerprint density at radius 3 is 2.56 bits per heavy atom. The van der Waals surface area contributed by atoms with Crippen LogP contribution in [0.5, 0.6) is 0 Å². The van der Waals surface area contributed by atoms with Crippen LogP contribution < -0.4 is 5.32 Å². The molecular formula is C13H27NO3S. The first kappa shape index (κ1) is 15.9. The summed E-state index contributed by atoms with van der Waals surface area (Å²) in [6, 6.07) is 0.0584. The normalized spacial score (nSPS) is 19.9. The summed E-state index contributed by atoms with van der Waals surface area (Å²) in [5, 5.41) is 3.27. The first-order valence-electron chi connectivity index (χ1n) is 6.96. The molecule has 0 aromatic carbocycles. The van der Waals surface area contributed by atoms with Gasteiger partial charge in [-0.25, -0.2) is 8.42 Å². The van der Waals surface area contributed by atoms with Gasteiger partial charge in [0.25, 0.3) is 0 Å². The second-order valence-corrected chi connectivity index (χ2v) is 7.68. The third kappa shape index (κ3) is 8.06. The molecule has 1 saturated heterocycles. The highest BCUT2D eigenvalue weighted by Gasteiger charge is 2.13. The number of hydrogen-bond acceptors (Lipinski definition) is 4. The van der Waals surface area contributed by atoms with Crippen LogP contribution in [0.1, 0.15) is 39.0 Å². The summed E-state index contributed by atoms with van der Waals surface area (Å²) in [5.74, 6) is 1.07. The van der Waals surface area contributed by atoms with E-state index in [4.69, 9.17) is 4.74 Å². The zero-order valence-corrected chi connectivity index (χ0v) is 12.5. The van der Waals surface area contributed by atoms with Crippen LogP contribution in [0.4, 0.5) is 0 Å². The van der Waals surface area contributed by atoms with Gasteiger partial charge in [0.2, 0.25) is 0 Å². The monoisotopic (exact) mass is 277 g/mol. The summed E-state index contributed by atoms with van der Waals surface area (Å²) in [5.41, 5.74) is 0. The van der Waals surface area contributed by atoms with E-state index < -0.39 is 9.84 Å². The lowest BCUT2D eigenvalue weighted by atomic mass is 9.94. The summed E-state index contributed by atoms with van der Waals surface area (Å²) >= 11 is 0. The van der Waals surface area contributed by atoms with Crippen LogP contribution in [0, 0.1) is 5.92 Å². The van der Waals surface area contributed by atoms with E-state index in [0.717, 1.165) is 32.1 Å². The van der Waals surface area contributed by atoms with Gasteiger partial charge < -0.3 is 10.1 Å². The van der Waals surface area contributed by atoms with Gasteiger partial charge >= 0.3 is 0 Å². The molecule has 4 nitrogen and oxygen atoms in total. The Balaban J connectivity index is 1.97. The Labute approximate surface area is 111 Å². The van der Waals surface area contributed by atoms with Crippen molar-refractivity contribution in [2.75, 3.05) is 31.8 Å². The minimum absolute atomic E-state index is 0.0584. The van der Waals surface area contributed by atoms with Crippen LogP contribution >= 0.6 is 0 Å². The van der Waals surface area contributed by atoms with Crippen molar-refractivity contribution in [1.29, 1.82) is 0 Å². The van der Waals surface area contributed by atoms with Crippen LogP contribution in [0.15, 0.2) is 0 Å². The summed E-state index contributed by atoms with van der Waals surface area (Å²) in [6.07, 6.45) is 7.34. The van der Waals surface area contributed by atoms with Gasteiger partial charge in [-0.2, -0.15) is 0 Å². The third-order valence-electron chi connectivity index (χ3n) is 3.43. The molecule has 0 spiro atoms. The largest absolute Gasteiger partial charge is 0.381 e. The molecule has 0 aromatic heterocycles. The highest BCUT2D eigenvalue weighted by Crippen LogP contribution is 2.20. The van der Waals surface area contributed by atoms with Crippen molar-refractivity contribution in [2.45, 2.75) is 45.1 Å². The molecule has 0 bridgehead atoms. The quantitative estimate of drug-likeness (QED) is 0.685. The molecule has 0 saturated carbocycles. The summed E-state index contributed by atoms with van der Waals surface area (Å²) in [4.78, 5) is 0. The predicted octanol–water partition coefficient (Wildman–Crippen LogP) is 1.61. The lowest BCUT2D eigenvalue weighted by Crippen LogP contribution is -2.33. The van der Waals surface area contributed by atoms with E-state index in [-0.39, 0.29) is 11.8 Å². The average Bonchev–Trinajstić information content (AvgIpc) is 2.27. The van der Waals surface area contributed by atoms with E-state index in [1.165, 1.54) is 31.9 Å². The van der Waals surface area contributed by atoms with E-state index >= 15 is 0 Å². The van der Waals surface area contributed by atoms with Crippen molar-refractivity contribution >= 4 is 9.84 Å². The summed E-state index contributed by atoms with van der Waals surface area (Å²) < 4.78 is 27.5. The predicted molar refractivity (Wildman–Crippen MR) is 74.6 cm³/mol. The van der Waals surface area contributed by atoms with Gasteiger partial charge in [0.1, 0.15) is 9.84 Å². The molecule has 0 aliphatic carbocycles. The second kappa shape index (κ2) is 8.12. The summed E-state index contributed by atoms with van der Waals surface area (Å²) in [7, 11) is -2.86. The molecule has 1 aliphatic rings. The maximum Gasteiger partial charge on any atom is 0.148 e. The molecule has 18 heavy (non-hydrogen) atoms. The van der Waals surface area contributed by atoms with Gasteiger partial charge in [-0.1, -0.05) is 12.8 Å². The fraction of sp³-hybridized carbons (Fsp3) is 1.00. The smallest absolute Gasteiger partial charge is 0.148 e. The van der Waals surface area contributed by atoms with Crippen LogP contribution in [0.25, 0.3) is 0 Å². The van der Waals surface area contributed by atoms with E-state index in [9.17, 15) is 8.42 Å². The minimum Gasteiger partial charge on any atom is -0.381 e. The number of nitrogens with one attached hydrogen (secondary N) is 1. The Morgan fingerprint density at radius 1 is 1.28 bits per heavy atom. The molecule has 5 heteroatoms. The second-order valence-electron chi connectivity index (χ2n) is 5.50. The molecule has 1 N–H and O–H groups in total. The molecule has 108 valence electrons. The Kier molecular flexibility index (Phi) is 7.19. The number of rotatable bonds is 8. The van der Waals surface area contributed by atoms with E-state index in [1.54, 1.807) is 0 Å². The highest BCUT2D eigenvalue weighted by molar-refractivity contribution is 7.90. The van der Waals surface area contributed by atoms with Gasteiger partial charge in [0.05, 0.1) is 5.75 Å². The van der Waals surface area contributed by atoms with Gasteiger partial charge in [-0.05, 0) is 38.6 Å². The third-order valence-corrected chi connectivity index (χ3v) is 4.53. The molecule has 0 amide bonds. The van der Waals surface area contributed by atoms with Crippen molar-refractivity contribution in [3.8, 4) is 0 Å². The topological polar surface area (TPSA) is 55.4 Å². The highest BCUT2D eigenvalue weighted by atomic mass is 32.2. The molecule has 1 aliphatic heterocycles. The first-order chi connectivity index (χ1) is 8.47. The number of sulfone groups is 1. The Morgan fingerprint density at radius 2 is 1.94 bits per heavy atom. The molecular weight excluding hydrogens is 250 g/mol. The van der Waals surface area contributed by atoms with Crippen molar-refractivity contribution < 1.29 is 13.2 Å². The lowest BCUT2D eigenvalue weighted by molar-refractivity contribution is 0.0631. The number of hydrogen-bond donors (Lipinski definition) is 1. The fourth-order valence-corrected chi connectivity index (χ4v) is 3.48. The number of unbranched alkanes of at least 4 members (excludes halogenated alkanes) is 1. The van der Waals surface area contributed by atoms with Crippen molar-refractivity contribution in [2.24, 2.45) is 5.92 Å². The Bertz CT molecular complexity index is 310. The SMILES string of the molecule is CC(CS(C)(=O)=O)NCCCCC1CCOCC1. The van der Waals surface area contributed by atoms with Crippen LogP contribution in [0.2, 0.25) is 0 Å². The lowest BCUT2D eigenvalue weighted by Gasteiger charge is -2.21. The molecule has 1 rings (SSSR count). The molecule has 1 fully saturated rings. The van der Waals surface area contributed by atoms with Crippen molar-refractivity contribution in [3.05, 3.63) is 0 Å². The maximum absolute atomic E-state index is 11.1. The maximum atomic E-state index is 11.1. The van der Waals surface area contributed by atoms with Crippen molar-refractivity contribution in [1.82, 2.24) is 5.32 Å². The molecule has 1 atom stereocenters. The van der Waals surface area contributed by atoms with Crippen LogP contribution in [0.3, 0.4) is 0 Å². The van der Waals surface area contributed by atoms with E-state index in [1.807, 2.05) is 6.92 Å². The molecule has 0 aromatic rings. The number of ether oxygens (including phenoxy) is 1. The van der Waals surface area contributed by atoms with E-state index in [0.29, 0.717) is 0 Å². The van der Waals surface area contributed by atoms with Gasteiger partial charge in [-0.15, -0.1) is 0 Å². The molecule has 0 radical (unpaired) electrons. The minimum atomic E-state index is -2.86. The van der Waals surface area contributed by atoms with E-state index in [2.05, 4.69) is 5.32 Å². The standard InChI is InChI=1S/C13H27NO3S/c1-12(11-18(2,15)16)14-8-4-3-5-13-6-9-17-10-7-13/h12-14H,3-11H2,1-2H3. The van der Waals surface area contributed by atoms with Crippen molar-refractivity contribution in [3.63, 3.8) is 0 Å². The zero-order valence-electron chi connectivity index (χ0n) is 11.7. The van der Waals surface area contributed by atoms with Gasteiger partial charge in [-0.3, -0.25) is 0 Å².